The second-order valence-electron chi connectivity index (χ2n) is 8.31. The van der Waals surface area contributed by atoms with Crippen LogP contribution in [0.25, 0.3) is 0 Å². The molecular weight excluding hydrogens is 446 g/mol. The Morgan fingerprint density at radius 2 is 1.93 bits per heavy atom. The number of nitrogens with zero attached hydrogens (tertiary/aromatic N) is 1. The minimum absolute atomic E-state index is 0.0523. The van der Waals surface area contributed by atoms with Crippen LogP contribution < -0.4 is 15.5 Å². The molecule has 6 nitrogen and oxygen atoms in total. The Morgan fingerprint density at radius 1 is 1.20 bits per heavy atom. The first-order chi connectivity index (χ1) is 14.3. The molecule has 3 N–H and O–H groups in total. The smallest absolute Gasteiger partial charge is 0.329 e. The van der Waals surface area contributed by atoms with E-state index in [1.165, 1.54) is 0 Å². The van der Waals surface area contributed by atoms with Crippen LogP contribution in [0.15, 0.2) is 53.0 Å². The molecule has 2 aromatic rings. The van der Waals surface area contributed by atoms with E-state index in [2.05, 4.69) is 40.4 Å². The summed E-state index contributed by atoms with van der Waals surface area (Å²) in [5.74, 6) is 0.183. The van der Waals surface area contributed by atoms with Crippen LogP contribution in [0.5, 0.6) is 0 Å². The van der Waals surface area contributed by atoms with Gasteiger partial charge in [0.2, 0.25) is 0 Å². The molecule has 1 saturated carbocycles. The molecule has 1 aliphatic carbocycles. The lowest BCUT2D eigenvalue weighted by Gasteiger charge is -2.44. The van der Waals surface area contributed by atoms with Crippen molar-refractivity contribution in [2.45, 2.75) is 44.9 Å². The minimum Gasteiger partial charge on any atom is -0.359 e. The van der Waals surface area contributed by atoms with Crippen molar-refractivity contribution in [3.8, 4) is 0 Å². The van der Waals surface area contributed by atoms with Crippen molar-refractivity contribution < 1.29 is 14.7 Å². The maximum absolute atomic E-state index is 13.6. The summed E-state index contributed by atoms with van der Waals surface area (Å²) in [7, 11) is 0. The highest BCUT2D eigenvalue weighted by Gasteiger charge is 2.52. The van der Waals surface area contributed by atoms with Gasteiger partial charge in [-0.3, -0.25) is 9.69 Å². The summed E-state index contributed by atoms with van der Waals surface area (Å²) in [6.45, 7) is 4.32. The number of anilines is 2. The normalized spacial score (nSPS) is 28.5. The molecule has 1 aliphatic heterocycles. The Kier molecular flexibility index (Phi) is 5.59. The molecule has 158 valence electrons. The highest BCUT2D eigenvalue weighted by atomic mass is 79.9. The molecule has 1 fully saturated rings. The fourth-order valence-electron chi connectivity index (χ4n) is 4.51. The quantitative estimate of drug-likeness (QED) is 0.612. The van der Waals surface area contributed by atoms with E-state index in [-0.39, 0.29) is 12.0 Å². The molecule has 3 amide bonds. The van der Waals surface area contributed by atoms with Gasteiger partial charge in [0.15, 0.2) is 0 Å². The number of carbonyl (C=O) groups is 2. The Labute approximate surface area is 184 Å². The SMILES string of the molecule is C[C@@H]1[C@@H](C)CCC[C@H]1NC(=O)[C@@]1(O)c2cc(Br)ccc2NC(=O)N1c1ccccc1. The summed E-state index contributed by atoms with van der Waals surface area (Å²) in [5, 5.41) is 17.8. The van der Waals surface area contributed by atoms with Crippen LogP contribution in [0, 0.1) is 11.8 Å². The minimum atomic E-state index is -2.18. The molecule has 0 saturated heterocycles. The molecule has 4 atom stereocenters. The van der Waals surface area contributed by atoms with Crippen LogP contribution in [-0.4, -0.2) is 23.1 Å². The van der Waals surface area contributed by atoms with Gasteiger partial charge in [0, 0.05) is 21.8 Å². The van der Waals surface area contributed by atoms with Gasteiger partial charge in [-0.25, -0.2) is 4.79 Å². The predicted molar refractivity (Wildman–Crippen MR) is 120 cm³/mol. The van der Waals surface area contributed by atoms with E-state index >= 15 is 0 Å². The molecule has 2 aromatic carbocycles. The van der Waals surface area contributed by atoms with Gasteiger partial charge < -0.3 is 15.7 Å². The molecule has 4 rings (SSSR count). The summed E-state index contributed by atoms with van der Waals surface area (Å²) in [4.78, 5) is 27.8. The van der Waals surface area contributed by atoms with Crippen LogP contribution in [0.3, 0.4) is 0 Å². The number of rotatable bonds is 3. The monoisotopic (exact) mass is 471 g/mol. The number of para-hydroxylation sites is 1. The number of urea groups is 1. The number of nitrogens with one attached hydrogen (secondary N) is 2. The molecule has 0 unspecified atom stereocenters. The first kappa shape index (κ1) is 20.9. The average molecular weight is 472 g/mol. The van der Waals surface area contributed by atoms with E-state index in [1.54, 1.807) is 42.5 Å². The van der Waals surface area contributed by atoms with Crippen molar-refractivity contribution in [3.05, 3.63) is 58.6 Å². The third kappa shape index (κ3) is 3.50. The summed E-state index contributed by atoms with van der Waals surface area (Å²) in [6.07, 6.45) is 3.02. The van der Waals surface area contributed by atoms with Gasteiger partial charge >= 0.3 is 6.03 Å². The predicted octanol–water partition coefficient (Wildman–Crippen LogP) is 4.59. The average Bonchev–Trinajstić information content (AvgIpc) is 2.73. The zero-order valence-corrected chi connectivity index (χ0v) is 18.6. The maximum Gasteiger partial charge on any atom is 0.329 e. The molecule has 1 heterocycles. The largest absolute Gasteiger partial charge is 0.359 e. The number of hydrogen-bond donors (Lipinski definition) is 3. The van der Waals surface area contributed by atoms with Crippen molar-refractivity contribution in [2.24, 2.45) is 11.8 Å². The van der Waals surface area contributed by atoms with Crippen molar-refractivity contribution >= 4 is 39.2 Å². The number of benzene rings is 2. The number of halogens is 1. The van der Waals surface area contributed by atoms with Crippen molar-refractivity contribution in [1.29, 1.82) is 0 Å². The van der Waals surface area contributed by atoms with Gasteiger partial charge in [0.05, 0.1) is 5.69 Å². The fourth-order valence-corrected chi connectivity index (χ4v) is 4.87. The van der Waals surface area contributed by atoms with E-state index in [9.17, 15) is 14.7 Å². The number of carbonyl (C=O) groups excluding carboxylic acids is 2. The van der Waals surface area contributed by atoms with E-state index in [4.69, 9.17) is 0 Å². The van der Waals surface area contributed by atoms with Gasteiger partial charge in [-0.05, 0) is 48.6 Å². The first-order valence-electron chi connectivity index (χ1n) is 10.3. The Bertz CT molecular complexity index is 967. The van der Waals surface area contributed by atoms with Crippen LogP contribution in [-0.2, 0) is 10.5 Å². The zero-order valence-electron chi connectivity index (χ0n) is 17.1. The fraction of sp³-hybridized carbons (Fsp3) is 0.391. The Hall–Kier alpha value is -2.38. The van der Waals surface area contributed by atoms with E-state index < -0.39 is 17.7 Å². The molecule has 0 bridgehead atoms. The van der Waals surface area contributed by atoms with E-state index in [0.717, 1.165) is 24.2 Å². The van der Waals surface area contributed by atoms with Crippen molar-refractivity contribution in [1.82, 2.24) is 5.32 Å². The van der Waals surface area contributed by atoms with Gasteiger partial charge in [-0.15, -0.1) is 0 Å². The highest BCUT2D eigenvalue weighted by Crippen LogP contribution is 2.41. The summed E-state index contributed by atoms with van der Waals surface area (Å²) < 4.78 is 0.705. The molecular formula is C23H26BrN3O3. The van der Waals surface area contributed by atoms with Gasteiger partial charge in [-0.1, -0.05) is 60.8 Å². The second-order valence-corrected chi connectivity index (χ2v) is 9.23. The van der Waals surface area contributed by atoms with Gasteiger partial charge in [0.25, 0.3) is 11.6 Å². The lowest BCUT2D eigenvalue weighted by Crippen LogP contribution is -2.64. The van der Waals surface area contributed by atoms with Crippen LogP contribution in [0.2, 0.25) is 0 Å². The first-order valence-corrected chi connectivity index (χ1v) is 11.1. The number of hydrogen-bond acceptors (Lipinski definition) is 3. The third-order valence-corrected chi connectivity index (χ3v) is 6.97. The van der Waals surface area contributed by atoms with Crippen molar-refractivity contribution in [2.75, 3.05) is 10.2 Å². The maximum atomic E-state index is 13.6. The summed E-state index contributed by atoms with van der Waals surface area (Å²) in [6, 6.07) is 13.3. The highest BCUT2D eigenvalue weighted by molar-refractivity contribution is 9.10. The lowest BCUT2D eigenvalue weighted by molar-refractivity contribution is -0.141. The van der Waals surface area contributed by atoms with Gasteiger partial charge in [-0.2, -0.15) is 0 Å². The second kappa shape index (κ2) is 8.04. The molecule has 0 radical (unpaired) electrons. The van der Waals surface area contributed by atoms with E-state index in [1.807, 2.05) is 6.07 Å². The number of fused-ring (bicyclic) bond motifs is 1. The lowest BCUT2D eigenvalue weighted by atomic mass is 9.78. The standard InChI is InChI=1S/C23H26BrN3O3/c1-14-7-6-10-19(15(14)2)25-21(28)23(30)18-13-16(24)11-12-20(18)26-22(29)27(23)17-8-4-3-5-9-17/h3-5,8-9,11-15,19,30H,6-7,10H2,1-2H3,(H,25,28)(H,26,29)/t14-,15+,19+,23-/m0/s1. The molecule has 7 heteroatoms. The number of aliphatic hydroxyl groups is 1. The Balaban J connectivity index is 1.80. The number of amides is 3. The van der Waals surface area contributed by atoms with Gasteiger partial charge in [0.1, 0.15) is 0 Å². The van der Waals surface area contributed by atoms with Crippen LogP contribution in [0.1, 0.15) is 38.7 Å². The van der Waals surface area contributed by atoms with Crippen molar-refractivity contribution in [3.63, 3.8) is 0 Å². The summed E-state index contributed by atoms with van der Waals surface area (Å²) >= 11 is 3.42. The zero-order chi connectivity index (χ0) is 21.5. The summed E-state index contributed by atoms with van der Waals surface area (Å²) in [5.41, 5.74) is -1.00. The molecule has 30 heavy (non-hydrogen) atoms. The topological polar surface area (TPSA) is 81.7 Å². The van der Waals surface area contributed by atoms with Crippen LogP contribution in [0.4, 0.5) is 16.2 Å². The molecule has 0 aromatic heterocycles. The van der Waals surface area contributed by atoms with E-state index in [0.29, 0.717) is 27.3 Å². The Morgan fingerprint density at radius 3 is 2.67 bits per heavy atom. The third-order valence-electron chi connectivity index (χ3n) is 6.48. The van der Waals surface area contributed by atoms with Crippen LogP contribution >= 0.6 is 15.9 Å². The molecule has 0 spiro atoms. The molecule has 2 aliphatic rings.